The van der Waals surface area contributed by atoms with E-state index in [4.69, 9.17) is 0 Å². The van der Waals surface area contributed by atoms with Gasteiger partial charge in [-0.15, -0.1) is 11.3 Å². The summed E-state index contributed by atoms with van der Waals surface area (Å²) < 4.78 is 154. The van der Waals surface area contributed by atoms with E-state index in [0.29, 0.717) is 12.1 Å². The van der Waals surface area contributed by atoms with Gasteiger partial charge in [-0.25, -0.2) is 13.2 Å². The lowest BCUT2D eigenvalue weighted by Gasteiger charge is -2.39. The summed E-state index contributed by atoms with van der Waals surface area (Å²) in [5, 5.41) is 1.57. The van der Waals surface area contributed by atoms with Crippen molar-refractivity contribution in [2.75, 3.05) is 31.1 Å². The molecule has 0 aliphatic carbocycles. The first-order valence-corrected chi connectivity index (χ1v) is 14.1. The second-order valence-corrected chi connectivity index (χ2v) is 12.1. The van der Waals surface area contributed by atoms with E-state index >= 15 is 0 Å². The SMILES string of the molecule is O=C(OC(c1ccc(N2CCN(S(=O)(=O)c3cccs3)CC2)c(-c2ccccc2)c1)(C(F)(F)F)C(F)(F)F)C(F)(F)F. The van der Waals surface area contributed by atoms with Crippen molar-refractivity contribution in [2.24, 2.45) is 0 Å². The molecule has 0 unspecified atom stereocenters. The number of benzene rings is 2. The van der Waals surface area contributed by atoms with Crippen molar-refractivity contribution in [1.29, 1.82) is 0 Å². The molecule has 0 atom stereocenters. The molecule has 1 fully saturated rings. The number of alkyl halides is 9. The smallest absolute Gasteiger partial charge is 0.428 e. The van der Waals surface area contributed by atoms with Crippen molar-refractivity contribution in [1.82, 2.24) is 4.31 Å². The van der Waals surface area contributed by atoms with E-state index in [0.717, 1.165) is 17.4 Å². The Kier molecular flexibility index (Phi) is 8.34. The normalized spacial score (nSPS) is 16.0. The number of carbonyl (C=O) groups is 1. The fourth-order valence-corrected chi connectivity index (χ4v) is 7.01. The lowest BCUT2D eigenvalue weighted by molar-refractivity contribution is -0.382. The second kappa shape index (κ2) is 11.1. The summed E-state index contributed by atoms with van der Waals surface area (Å²) in [5.41, 5.74) is -7.52. The van der Waals surface area contributed by atoms with Crippen LogP contribution in [0.4, 0.5) is 45.2 Å². The second-order valence-electron chi connectivity index (χ2n) is 8.99. The quantitative estimate of drug-likeness (QED) is 0.231. The highest BCUT2D eigenvalue weighted by Crippen LogP contribution is 2.54. The molecule has 6 nitrogen and oxygen atoms in total. The molecule has 1 aliphatic rings. The zero-order valence-electron chi connectivity index (χ0n) is 20.9. The lowest BCUT2D eigenvalue weighted by Crippen LogP contribution is -2.58. The van der Waals surface area contributed by atoms with Crippen LogP contribution in [0.2, 0.25) is 0 Å². The Hall–Kier alpha value is -3.31. The molecule has 0 amide bonds. The van der Waals surface area contributed by atoms with E-state index in [2.05, 4.69) is 4.74 Å². The van der Waals surface area contributed by atoms with Crippen LogP contribution in [0.3, 0.4) is 0 Å². The minimum absolute atomic E-state index is 0.0173. The molecule has 0 spiro atoms. The van der Waals surface area contributed by atoms with E-state index < -0.39 is 45.7 Å². The summed E-state index contributed by atoms with van der Waals surface area (Å²) >= 11 is 1.00. The van der Waals surface area contributed by atoms with Crippen LogP contribution in [0.5, 0.6) is 0 Å². The predicted molar refractivity (Wildman–Crippen MR) is 133 cm³/mol. The Balaban J connectivity index is 1.81. The number of rotatable bonds is 6. The number of hydrogen-bond acceptors (Lipinski definition) is 6. The summed E-state index contributed by atoms with van der Waals surface area (Å²) in [5.74, 6) is -3.68. The lowest BCUT2D eigenvalue weighted by atomic mass is 9.88. The average Bonchev–Trinajstić information content (AvgIpc) is 3.46. The summed E-state index contributed by atoms with van der Waals surface area (Å²) in [4.78, 5) is 12.9. The Morgan fingerprint density at radius 2 is 1.38 bits per heavy atom. The van der Waals surface area contributed by atoms with Crippen molar-refractivity contribution in [3.8, 4) is 11.1 Å². The van der Waals surface area contributed by atoms with Gasteiger partial charge in [0.05, 0.1) is 0 Å². The molecule has 2 heterocycles. The zero-order valence-corrected chi connectivity index (χ0v) is 22.6. The molecule has 2 aromatic carbocycles. The molecular weight excluding hydrogens is 627 g/mol. The highest BCUT2D eigenvalue weighted by Gasteiger charge is 2.76. The standard InChI is InChI=1S/C25H19F9N2O4S2/c26-23(27,28)21(37)40-22(24(29,30)31,25(32,33)34)17-8-9-19(18(15-17)16-5-2-1-3-6-16)35-10-12-36(13-11-35)42(38,39)20-7-4-14-41-20/h1-9,14-15H,10-13H2. The molecule has 4 rings (SSSR count). The Bertz CT molecular complexity index is 1500. The minimum atomic E-state index is -6.55. The third kappa shape index (κ3) is 5.81. The average molecular weight is 647 g/mol. The topological polar surface area (TPSA) is 66.9 Å². The molecule has 1 aliphatic heterocycles. The van der Waals surface area contributed by atoms with Gasteiger partial charge in [0.25, 0.3) is 10.0 Å². The first-order valence-electron chi connectivity index (χ1n) is 11.8. The van der Waals surface area contributed by atoms with Crippen LogP contribution in [-0.2, 0) is 25.2 Å². The van der Waals surface area contributed by atoms with E-state index in [-0.39, 0.29) is 47.2 Å². The van der Waals surface area contributed by atoms with Crippen molar-refractivity contribution >= 4 is 33.0 Å². The summed E-state index contributed by atoms with van der Waals surface area (Å²) in [6, 6.07) is 11.6. The number of hydrogen-bond donors (Lipinski definition) is 0. The molecular formula is C25H19F9N2O4S2. The number of piperazine rings is 1. The van der Waals surface area contributed by atoms with Crippen molar-refractivity contribution in [3.63, 3.8) is 0 Å². The molecule has 0 N–H and O–H groups in total. The largest absolute Gasteiger partial charge is 0.490 e. The van der Waals surface area contributed by atoms with Crippen LogP contribution in [0.15, 0.2) is 70.3 Å². The fraction of sp³-hybridized carbons (Fsp3) is 0.320. The van der Waals surface area contributed by atoms with Crippen LogP contribution >= 0.6 is 11.3 Å². The van der Waals surface area contributed by atoms with Crippen LogP contribution in [0, 0.1) is 0 Å². The highest BCUT2D eigenvalue weighted by atomic mass is 32.2. The molecule has 228 valence electrons. The summed E-state index contributed by atoms with van der Waals surface area (Å²) in [6.45, 7) is -0.185. The monoisotopic (exact) mass is 646 g/mol. The summed E-state index contributed by atoms with van der Waals surface area (Å²) in [7, 11) is -3.83. The number of nitrogens with zero attached hydrogens (tertiary/aromatic N) is 2. The molecule has 3 aromatic rings. The van der Waals surface area contributed by atoms with Gasteiger partial charge in [0.2, 0.25) is 0 Å². The molecule has 1 aromatic heterocycles. The number of carbonyl (C=O) groups excluding carboxylic acids is 1. The first kappa shape index (κ1) is 31.6. The third-order valence-electron chi connectivity index (χ3n) is 6.43. The van der Waals surface area contributed by atoms with Gasteiger partial charge in [0.1, 0.15) is 4.21 Å². The van der Waals surface area contributed by atoms with E-state index in [1.54, 1.807) is 11.4 Å². The molecule has 0 saturated carbocycles. The van der Waals surface area contributed by atoms with Crippen LogP contribution < -0.4 is 4.90 Å². The van der Waals surface area contributed by atoms with Gasteiger partial charge >= 0.3 is 30.1 Å². The molecule has 17 heteroatoms. The van der Waals surface area contributed by atoms with Crippen molar-refractivity contribution in [2.45, 2.75) is 28.3 Å². The van der Waals surface area contributed by atoms with Gasteiger partial charge in [0.15, 0.2) is 0 Å². The van der Waals surface area contributed by atoms with E-state index in [9.17, 15) is 52.7 Å². The van der Waals surface area contributed by atoms with Crippen molar-refractivity contribution < 1.29 is 57.5 Å². The van der Waals surface area contributed by atoms with Crippen molar-refractivity contribution in [3.05, 3.63) is 71.6 Å². The highest BCUT2D eigenvalue weighted by molar-refractivity contribution is 7.91. The Labute approximate surface area is 237 Å². The Morgan fingerprint density at radius 1 is 0.786 bits per heavy atom. The zero-order chi connectivity index (χ0) is 31.1. The Morgan fingerprint density at radius 3 is 1.88 bits per heavy atom. The van der Waals surface area contributed by atoms with Crippen LogP contribution in [0.25, 0.3) is 11.1 Å². The van der Waals surface area contributed by atoms with E-state index in [1.165, 1.54) is 45.6 Å². The maximum Gasteiger partial charge on any atom is 0.490 e. The number of esters is 1. The van der Waals surface area contributed by atoms with Gasteiger partial charge in [0, 0.05) is 43.0 Å². The van der Waals surface area contributed by atoms with Gasteiger partial charge in [-0.2, -0.15) is 43.8 Å². The maximum absolute atomic E-state index is 14.1. The van der Waals surface area contributed by atoms with Gasteiger partial charge < -0.3 is 9.64 Å². The van der Waals surface area contributed by atoms with Crippen LogP contribution in [0.1, 0.15) is 5.56 Å². The van der Waals surface area contributed by atoms with Gasteiger partial charge in [-0.05, 0) is 29.1 Å². The summed E-state index contributed by atoms with van der Waals surface area (Å²) in [6.07, 6.45) is -19.3. The first-order chi connectivity index (χ1) is 19.4. The van der Waals surface area contributed by atoms with E-state index in [1.807, 2.05) is 0 Å². The third-order valence-corrected chi connectivity index (χ3v) is 9.70. The molecule has 0 bridgehead atoms. The number of sulfonamides is 1. The predicted octanol–water partition coefficient (Wildman–Crippen LogP) is 6.35. The number of thiophene rings is 1. The molecule has 42 heavy (non-hydrogen) atoms. The number of ether oxygens (including phenoxy) is 1. The van der Waals surface area contributed by atoms with Crippen LogP contribution in [-0.4, -0.2) is 63.4 Å². The number of anilines is 1. The van der Waals surface area contributed by atoms with Gasteiger partial charge in [-0.3, -0.25) is 0 Å². The fourth-order valence-electron chi connectivity index (χ4n) is 4.45. The molecule has 1 saturated heterocycles. The maximum atomic E-state index is 14.1. The minimum Gasteiger partial charge on any atom is -0.428 e. The van der Waals surface area contributed by atoms with Gasteiger partial charge in [-0.1, -0.05) is 42.5 Å². The number of halogens is 9. The molecule has 0 radical (unpaired) electrons.